The molecule has 2 rings (SSSR count). The second kappa shape index (κ2) is 2.99. The lowest BCUT2D eigenvalue weighted by atomic mass is 10.1. The van der Waals surface area contributed by atoms with Gasteiger partial charge in [-0.05, 0) is 17.5 Å². The summed E-state index contributed by atoms with van der Waals surface area (Å²) in [5.74, 6) is -0.188. The first-order chi connectivity index (χ1) is 6.46. The first kappa shape index (κ1) is 10.0. The molecule has 1 N–H and O–H groups in total. The van der Waals surface area contributed by atoms with Crippen LogP contribution in [0, 0.1) is 5.41 Å². The van der Waals surface area contributed by atoms with Crippen LogP contribution in [0.4, 0.5) is 5.95 Å². The van der Waals surface area contributed by atoms with E-state index in [1.54, 1.807) is 0 Å². The number of rotatable bonds is 2. The molecule has 0 saturated heterocycles. The molecule has 0 aromatic carbocycles. The maximum Gasteiger partial charge on any atom is 0.287 e. The van der Waals surface area contributed by atoms with E-state index in [0.717, 1.165) is 0 Å². The number of nitrogens with zero attached hydrogens (tertiary/aromatic N) is 4. The normalized spacial score (nSPS) is 30.4. The number of aromatic amines is 1. The van der Waals surface area contributed by atoms with Gasteiger partial charge in [0.1, 0.15) is 0 Å². The first-order valence-electron chi connectivity index (χ1n) is 3.83. The Labute approximate surface area is 96.4 Å². The van der Waals surface area contributed by atoms with E-state index in [9.17, 15) is 5.11 Å². The number of aromatic nitrogens is 4. The average Bonchev–Trinajstić information content (AvgIpc) is 2.54. The van der Waals surface area contributed by atoms with Gasteiger partial charge in [-0.15, -0.1) is 5.10 Å². The highest BCUT2D eigenvalue weighted by Gasteiger charge is 2.62. The number of hydrogen-bond acceptors (Lipinski definition) is 5. The number of tetrazole rings is 1. The Hall–Kier alpha value is -0.500. The summed E-state index contributed by atoms with van der Waals surface area (Å²) in [5.41, 5.74) is -0.520. The van der Waals surface area contributed by atoms with E-state index >= 15 is 0 Å². The maximum absolute atomic E-state index is 11.7. The lowest BCUT2D eigenvalue weighted by Gasteiger charge is -2.19. The lowest BCUT2D eigenvalue weighted by Crippen LogP contribution is -2.30. The minimum Gasteiger partial charge on any atom is -0.861 e. The fourth-order valence-corrected chi connectivity index (χ4v) is 2.51. The number of aliphatic imine (C=N–C) groups is 1. The Kier molecular flexibility index (Phi) is 2.15. The van der Waals surface area contributed by atoms with Crippen molar-refractivity contribution in [1.29, 1.82) is 0 Å². The van der Waals surface area contributed by atoms with Crippen LogP contribution in [0.2, 0.25) is 0 Å². The molecule has 14 heavy (non-hydrogen) atoms. The molecule has 6 nitrogen and oxygen atoms in total. The zero-order valence-corrected chi connectivity index (χ0v) is 10.3. The number of H-pyrrole nitrogens is 1. The van der Waals surface area contributed by atoms with E-state index in [2.05, 4.69) is 57.5 Å². The van der Waals surface area contributed by atoms with Crippen molar-refractivity contribution in [3.8, 4) is 0 Å². The molecule has 0 unspecified atom stereocenters. The lowest BCUT2D eigenvalue weighted by molar-refractivity contribution is -0.224. The minimum atomic E-state index is -0.520. The molecule has 1 fully saturated rings. The van der Waals surface area contributed by atoms with Crippen molar-refractivity contribution in [3.63, 3.8) is 0 Å². The van der Waals surface area contributed by atoms with Crippen molar-refractivity contribution in [2.24, 2.45) is 10.4 Å². The van der Waals surface area contributed by atoms with E-state index in [-0.39, 0.29) is 15.1 Å². The van der Waals surface area contributed by atoms with Crippen molar-refractivity contribution < 1.29 is 5.11 Å². The van der Waals surface area contributed by atoms with Crippen molar-refractivity contribution in [1.82, 2.24) is 20.6 Å². The zero-order chi connectivity index (χ0) is 10.4. The maximum atomic E-state index is 11.7. The van der Waals surface area contributed by atoms with Gasteiger partial charge in [-0.1, -0.05) is 43.9 Å². The summed E-state index contributed by atoms with van der Waals surface area (Å²) in [6.07, 6.45) is 0.695. The summed E-state index contributed by atoms with van der Waals surface area (Å²) in [4.78, 5) is 3.73. The van der Waals surface area contributed by atoms with Crippen LogP contribution < -0.4 is 5.11 Å². The van der Waals surface area contributed by atoms with Gasteiger partial charge in [0.15, 0.2) is 0 Å². The van der Waals surface area contributed by atoms with Crippen LogP contribution in [0.15, 0.2) is 4.99 Å². The van der Waals surface area contributed by atoms with Crippen LogP contribution in [0.3, 0.4) is 0 Å². The highest BCUT2D eigenvalue weighted by atomic mass is 79.9. The first-order valence-corrected chi connectivity index (χ1v) is 5.42. The van der Waals surface area contributed by atoms with E-state index in [0.29, 0.717) is 6.42 Å². The number of halogens is 2. The third kappa shape index (κ3) is 1.46. The molecule has 0 amide bonds. The Morgan fingerprint density at radius 1 is 1.64 bits per heavy atom. The van der Waals surface area contributed by atoms with Gasteiger partial charge < -0.3 is 5.11 Å². The Balaban J connectivity index is 2.22. The molecule has 1 saturated carbocycles. The summed E-state index contributed by atoms with van der Waals surface area (Å²) < 4.78 is -0.336. The van der Waals surface area contributed by atoms with E-state index in [1.165, 1.54) is 0 Å². The van der Waals surface area contributed by atoms with Crippen molar-refractivity contribution in [2.45, 2.75) is 16.6 Å². The molecule has 8 heteroatoms. The summed E-state index contributed by atoms with van der Waals surface area (Å²) in [7, 11) is 0. The fourth-order valence-electron chi connectivity index (χ4n) is 1.05. The van der Waals surface area contributed by atoms with Crippen LogP contribution >= 0.6 is 31.9 Å². The highest BCUT2D eigenvalue weighted by Crippen LogP contribution is 2.66. The minimum absolute atomic E-state index is 0.0684. The van der Waals surface area contributed by atoms with Gasteiger partial charge >= 0.3 is 0 Å². The van der Waals surface area contributed by atoms with Crippen molar-refractivity contribution in [3.05, 3.63) is 0 Å². The quantitative estimate of drug-likeness (QED) is 0.487. The van der Waals surface area contributed by atoms with Crippen LogP contribution in [-0.4, -0.2) is 29.8 Å². The molecule has 1 atom stereocenters. The molecule has 0 bridgehead atoms. The topological polar surface area (TPSA) is 89.9 Å². The molecule has 1 aromatic heterocycles. The third-order valence-corrected chi connectivity index (χ3v) is 4.58. The second-order valence-corrected chi connectivity index (χ2v) is 7.11. The summed E-state index contributed by atoms with van der Waals surface area (Å²) in [6.45, 7) is 1.82. The van der Waals surface area contributed by atoms with E-state index < -0.39 is 5.41 Å². The number of alkyl halides is 2. The molecule has 0 aliphatic heterocycles. The molecular formula is C6H6Br2N5O-. The Bertz CT molecular complexity index is 376. The molecule has 0 radical (unpaired) electrons. The molecule has 76 valence electrons. The average molecular weight is 324 g/mol. The van der Waals surface area contributed by atoms with Crippen molar-refractivity contribution >= 4 is 43.7 Å². The molecule has 1 heterocycles. The van der Waals surface area contributed by atoms with Gasteiger partial charge in [-0.2, -0.15) is 5.21 Å². The van der Waals surface area contributed by atoms with E-state index in [1.807, 2.05) is 6.92 Å². The number of hydrogen-bond donors (Lipinski definition) is 1. The summed E-state index contributed by atoms with van der Waals surface area (Å²) in [5, 5.41) is 24.4. The van der Waals surface area contributed by atoms with Crippen LogP contribution in [0.25, 0.3) is 0 Å². The zero-order valence-electron chi connectivity index (χ0n) is 7.16. The third-order valence-electron chi connectivity index (χ3n) is 2.27. The monoisotopic (exact) mass is 322 g/mol. The second-order valence-electron chi connectivity index (χ2n) is 3.34. The molecule has 1 aliphatic carbocycles. The smallest absolute Gasteiger partial charge is 0.287 e. The summed E-state index contributed by atoms with van der Waals surface area (Å²) in [6, 6.07) is 0. The highest BCUT2D eigenvalue weighted by molar-refractivity contribution is 9.25. The fraction of sp³-hybridized carbons (Fsp3) is 0.667. The SMILES string of the molecule is C[C@@]1(C([O-])=Nc2nn[nH]n2)CC1(Br)Br. The Morgan fingerprint density at radius 3 is 2.71 bits per heavy atom. The van der Waals surface area contributed by atoms with Gasteiger partial charge in [0.25, 0.3) is 5.95 Å². The van der Waals surface area contributed by atoms with Gasteiger partial charge in [-0.3, -0.25) is 0 Å². The predicted molar refractivity (Wildman–Crippen MR) is 54.6 cm³/mol. The van der Waals surface area contributed by atoms with Gasteiger partial charge in [0, 0.05) is 5.41 Å². The predicted octanol–water partition coefficient (Wildman–Crippen LogP) is 0.486. The van der Waals surface area contributed by atoms with Crippen LogP contribution in [0.5, 0.6) is 0 Å². The van der Waals surface area contributed by atoms with Crippen LogP contribution in [0.1, 0.15) is 13.3 Å². The standard InChI is InChI=1S/C6H7Br2N5O/c1-5(2-6(5,7)8)3(14)9-4-10-12-13-11-4/h2H2,1H3,(H2,9,10,11,12,13,14)/p-1/t5-/m0/s1. The van der Waals surface area contributed by atoms with E-state index in [4.69, 9.17) is 0 Å². The molecule has 0 spiro atoms. The van der Waals surface area contributed by atoms with Crippen molar-refractivity contribution in [2.75, 3.05) is 0 Å². The Morgan fingerprint density at radius 2 is 2.29 bits per heavy atom. The van der Waals surface area contributed by atoms with Gasteiger partial charge in [-0.25, -0.2) is 4.99 Å². The molecule has 1 aliphatic rings. The molecule has 1 aromatic rings. The van der Waals surface area contributed by atoms with Gasteiger partial charge in [0.05, 0.1) is 3.23 Å². The molecular weight excluding hydrogens is 318 g/mol. The number of nitrogens with one attached hydrogen (secondary N) is 1. The largest absolute Gasteiger partial charge is 0.861 e. The van der Waals surface area contributed by atoms with Gasteiger partial charge in [0.2, 0.25) is 0 Å². The van der Waals surface area contributed by atoms with Crippen LogP contribution in [-0.2, 0) is 0 Å². The summed E-state index contributed by atoms with van der Waals surface area (Å²) >= 11 is 6.77.